The van der Waals surface area contributed by atoms with Crippen molar-refractivity contribution in [2.45, 2.75) is 13.0 Å². The Hall–Kier alpha value is -1.09. The van der Waals surface area contributed by atoms with Crippen LogP contribution in [0.3, 0.4) is 0 Å². The molecule has 72 valence electrons. The van der Waals surface area contributed by atoms with E-state index in [-0.39, 0.29) is 0 Å². The number of ether oxygens (including phenoxy) is 1. The fourth-order valence-electron chi connectivity index (χ4n) is 1.21. The fraction of sp³-hybridized carbons (Fsp3) is 0.400. The summed E-state index contributed by atoms with van der Waals surface area (Å²) in [6.07, 6.45) is 0. The zero-order valence-corrected chi connectivity index (χ0v) is 7.88. The van der Waals surface area contributed by atoms with Gasteiger partial charge in [0.25, 0.3) is 0 Å². The maximum Gasteiger partial charge on any atom is 0.123 e. The highest BCUT2D eigenvalue weighted by molar-refractivity contribution is 5.39. The highest BCUT2D eigenvalue weighted by Crippen LogP contribution is 2.24. The van der Waals surface area contributed by atoms with Crippen molar-refractivity contribution in [1.82, 2.24) is 0 Å². The summed E-state index contributed by atoms with van der Waals surface area (Å²) >= 11 is 0. The van der Waals surface area contributed by atoms with Gasteiger partial charge < -0.3 is 10.5 Å². The molecule has 0 fully saturated rings. The van der Waals surface area contributed by atoms with E-state index >= 15 is 0 Å². The Labute approximate surface area is 77.5 Å². The summed E-state index contributed by atoms with van der Waals surface area (Å²) in [5, 5.41) is 0. The standard InChI is InChI=1S/C10H14FNO/c1-7-3-4-8(9(12)6-11)10(5-7)13-2/h3-5,9H,6,12H2,1-2H3. The summed E-state index contributed by atoms with van der Waals surface area (Å²) in [4.78, 5) is 0. The maximum absolute atomic E-state index is 12.3. The molecule has 0 bridgehead atoms. The van der Waals surface area contributed by atoms with Gasteiger partial charge >= 0.3 is 0 Å². The smallest absolute Gasteiger partial charge is 0.123 e. The van der Waals surface area contributed by atoms with E-state index in [1.165, 1.54) is 0 Å². The van der Waals surface area contributed by atoms with Crippen molar-refractivity contribution in [2.24, 2.45) is 5.73 Å². The van der Waals surface area contributed by atoms with Crippen molar-refractivity contribution >= 4 is 0 Å². The Kier molecular flexibility index (Phi) is 3.25. The Morgan fingerprint density at radius 1 is 1.54 bits per heavy atom. The molecule has 0 aliphatic heterocycles. The summed E-state index contributed by atoms with van der Waals surface area (Å²) in [5.41, 5.74) is 7.36. The average molecular weight is 183 g/mol. The van der Waals surface area contributed by atoms with Crippen LogP contribution in [0.2, 0.25) is 0 Å². The number of alkyl halides is 1. The molecule has 1 aromatic carbocycles. The van der Waals surface area contributed by atoms with Gasteiger partial charge in [0.05, 0.1) is 13.2 Å². The number of halogens is 1. The second-order valence-corrected chi connectivity index (χ2v) is 3.01. The van der Waals surface area contributed by atoms with Gasteiger partial charge in [-0.3, -0.25) is 0 Å². The minimum atomic E-state index is -0.587. The molecule has 0 radical (unpaired) electrons. The number of rotatable bonds is 3. The normalized spacial score (nSPS) is 12.6. The molecule has 0 amide bonds. The van der Waals surface area contributed by atoms with E-state index in [0.29, 0.717) is 5.75 Å². The van der Waals surface area contributed by atoms with Gasteiger partial charge in [0.15, 0.2) is 0 Å². The number of nitrogens with two attached hydrogens (primary N) is 1. The molecule has 3 heteroatoms. The summed E-state index contributed by atoms with van der Waals surface area (Å²) in [6.45, 7) is 1.38. The van der Waals surface area contributed by atoms with Crippen LogP contribution in [0.5, 0.6) is 5.75 Å². The lowest BCUT2D eigenvalue weighted by Gasteiger charge is -2.12. The molecule has 0 spiro atoms. The predicted molar refractivity (Wildman–Crippen MR) is 50.6 cm³/mol. The van der Waals surface area contributed by atoms with E-state index in [9.17, 15) is 4.39 Å². The van der Waals surface area contributed by atoms with Crippen LogP contribution in [0.4, 0.5) is 4.39 Å². The van der Waals surface area contributed by atoms with Crippen LogP contribution >= 0.6 is 0 Å². The molecule has 0 saturated carbocycles. The first-order valence-corrected chi connectivity index (χ1v) is 4.15. The first-order chi connectivity index (χ1) is 6.19. The lowest BCUT2D eigenvalue weighted by molar-refractivity contribution is 0.389. The van der Waals surface area contributed by atoms with Gasteiger partial charge in [-0.25, -0.2) is 4.39 Å². The van der Waals surface area contributed by atoms with E-state index in [1.807, 2.05) is 19.1 Å². The van der Waals surface area contributed by atoms with E-state index in [4.69, 9.17) is 10.5 Å². The molecule has 2 nitrogen and oxygen atoms in total. The third kappa shape index (κ3) is 2.18. The summed E-state index contributed by atoms with van der Waals surface area (Å²) in [5.74, 6) is 0.658. The van der Waals surface area contributed by atoms with E-state index in [2.05, 4.69) is 0 Å². The Bertz CT molecular complexity index is 288. The van der Waals surface area contributed by atoms with Crippen LogP contribution in [0.15, 0.2) is 18.2 Å². The quantitative estimate of drug-likeness (QED) is 0.777. The zero-order valence-electron chi connectivity index (χ0n) is 7.88. The molecular formula is C10H14FNO. The lowest BCUT2D eigenvalue weighted by Crippen LogP contribution is -2.13. The Morgan fingerprint density at radius 3 is 2.77 bits per heavy atom. The Balaban J connectivity index is 3.05. The second-order valence-electron chi connectivity index (χ2n) is 3.01. The molecule has 0 heterocycles. The van der Waals surface area contributed by atoms with E-state index in [1.54, 1.807) is 13.2 Å². The predicted octanol–water partition coefficient (Wildman–Crippen LogP) is 1.97. The number of aryl methyl sites for hydroxylation is 1. The molecule has 0 aliphatic rings. The molecule has 1 atom stereocenters. The molecule has 1 unspecified atom stereocenters. The largest absolute Gasteiger partial charge is 0.496 e. The maximum atomic E-state index is 12.3. The van der Waals surface area contributed by atoms with Gasteiger partial charge in [-0.2, -0.15) is 0 Å². The first-order valence-electron chi connectivity index (χ1n) is 4.15. The molecule has 0 aliphatic carbocycles. The van der Waals surface area contributed by atoms with Crippen LogP contribution in [0, 0.1) is 6.92 Å². The SMILES string of the molecule is COc1cc(C)ccc1C(N)CF. The lowest BCUT2D eigenvalue weighted by atomic mass is 10.1. The van der Waals surface area contributed by atoms with Crippen LogP contribution in [0.1, 0.15) is 17.2 Å². The van der Waals surface area contributed by atoms with Crippen LogP contribution in [-0.4, -0.2) is 13.8 Å². The van der Waals surface area contributed by atoms with Crippen molar-refractivity contribution in [3.05, 3.63) is 29.3 Å². The van der Waals surface area contributed by atoms with E-state index in [0.717, 1.165) is 11.1 Å². The van der Waals surface area contributed by atoms with Gasteiger partial charge in [0, 0.05) is 5.56 Å². The third-order valence-electron chi connectivity index (χ3n) is 1.95. The molecule has 13 heavy (non-hydrogen) atoms. The minimum absolute atomic E-state index is 0.570. The number of hydrogen-bond acceptors (Lipinski definition) is 2. The van der Waals surface area contributed by atoms with Gasteiger partial charge in [0.2, 0.25) is 0 Å². The van der Waals surface area contributed by atoms with Gasteiger partial charge in [0.1, 0.15) is 12.4 Å². The van der Waals surface area contributed by atoms with Gasteiger partial charge in [-0.15, -0.1) is 0 Å². The molecule has 0 saturated heterocycles. The topological polar surface area (TPSA) is 35.2 Å². The zero-order chi connectivity index (χ0) is 9.84. The molecule has 1 rings (SSSR count). The molecule has 1 aromatic rings. The van der Waals surface area contributed by atoms with Crippen LogP contribution in [-0.2, 0) is 0 Å². The summed E-state index contributed by atoms with van der Waals surface area (Å²) < 4.78 is 17.4. The van der Waals surface area contributed by atoms with Crippen LogP contribution in [0.25, 0.3) is 0 Å². The van der Waals surface area contributed by atoms with Crippen molar-refractivity contribution in [2.75, 3.05) is 13.8 Å². The average Bonchev–Trinajstić information content (AvgIpc) is 2.16. The van der Waals surface area contributed by atoms with Gasteiger partial charge in [-0.05, 0) is 18.6 Å². The van der Waals surface area contributed by atoms with Crippen molar-refractivity contribution in [3.8, 4) is 5.75 Å². The first kappa shape index (κ1) is 9.99. The minimum Gasteiger partial charge on any atom is -0.496 e. The molecule has 2 N–H and O–H groups in total. The van der Waals surface area contributed by atoms with Crippen LogP contribution < -0.4 is 10.5 Å². The monoisotopic (exact) mass is 183 g/mol. The fourth-order valence-corrected chi connectivity index (χ4v) is 1.21. The number of benzene rings is 1. The second kappa shape index (κ2) is 4.23. The highest BCUT2D eigenvalue weighted by atomic mass is 19.1. The Morgan fingerprint density at radius 2 is 2.23 bits per heavy atom. The summed E-state index contributed by atoms with van der Waals surface area (Å²) in [7, 11) is 1.56. The van der Waals surface area contributed by atoms with E-state index < -0.39 is 12.7 Å². The van der Waals surface area contributed by atoms with Crippen molar-refractivity contribution in [3.63, 3.8) is 0 Å². The van der Waals surface area contributed by atoms with Crippen molar-refractivity contribution < 1.29 is 9.13 Å². The van der Waals surface area contributed by atoms with Gasteiger partial charge in [-0.1, -0.05) is 12.1 Å². The number of hydrogen-bond donors (Lipinski definition) is 1. The third-order valence-corrected chi connectivity index (χ3v) is 1.95. The van der Waals surface area contributed by atoms with Crippen molar-refractivity contribution in [1.29, 1.82) is 0 Å². The number of methoxy groups -OCH3 is 1. The summed E-state index contributed by atoms with van der Waals surface area (Å²) in [6, 6.07) is 4.96. The molecule has 0 aromatic heterocycles. The molecular weight excluding hydrogens is 169 g/mol. The highest BCUT2D eigenvalue weighted by Gasteiger charge is 2.10.